The number of ether oxygens (including phenoxy) is 2. The van der Waals surface area contributed by atoms with Crippen molar-refractivity contribution in [2.45, 2.75) is 4.90 Å². The molecule has 0 aliphatic carbocycles. The molecule has 1 amide bonds. The molecule has 10 heteroatoms. The first-order valence-corrected chi connectivity index (χ1v) is 10.9. The summed E-state index contributed by atoms with van der Waals surface area (Å²) in [6.45, 7) is -0.513. The van der Waals surface area contributed by atoms with Crippen LogP contribution in [0.5, 0.6) is 11.5 Å². The number of carbonyl (C=O) groups excluding carboxylic acids is 1. The lowest BCUT2D eigenvalue weighted by molar-refractivity contribution is -0.114. The van der Waals surface area contributed by atoms with E-state index in [1.54, 1.807) is 36.4 Å². The number of halogens is 1. The smallest absolute Gasteiger partial charge is 0.264 e. The normalized spacial score (nSPS) is 10.9. The average molecular weight is 462 g/mol. The number of nitrogens with zero attached hydrogens (tertiary/aromatic N) is 2. The Bertz CT molecular complexity index is 1170. The summed E-state index contributed by atoms with van der Waals surface area (Å²) in [5.74, 6) is 0.0945. The van der Waals surface area contributed by atoms with Crippen LogP contribution in [0.4, 0.5) is 11.4 Å². The number of aromatic nitrogens is 1. The molecular formula is C21H20ClN3O5S. The minimum Gasteiger partial charge on any atom is -0.497 e. The number of anilines is 2. The molecule has 8 nitrogen and oxygen atoms in total. The maximum absolute atomic E-state index is 13.5. The van der Waals surface area contributed by atoms with E-state index in [0.717, 1.165) is 4.31 Å². The van der Waals surface area contributed by atoms with Gasteiger partial charge in [0, 0.05) is 18.0 Å². The maximum Gasteiger partial charge on any atom is 0.264 e. The minimum absolute atomic E-state index is 0.0274. The third-order valence-electron chi connectivity index (χ3n) is 4.28. The van der Waals surface area contributed by atoms with Crippen LogP contribution in [0.2, 0.25) is 5.15 Å². The molecule has 0 fully saturated rings. The molecule has 2 aromatic carbocycles. The lowest BCUT2D eigenvalue weighted by Crippen LogP contribution is -2.38. The van der Waals surface area contributed by atoms with E-state index >= 15 is 0 Å². The second-order valence-corrected chi connectivity index (χ2v) is 8.53. The van der Waals surface area contributed by atoms with Crippen molar-refractivity contribution in [3.63, 3.8) is 0 Å². The number of sulfonamides is 1. The van der Waals surface area contributed by atoms with Crippen molar-refractivity contribution >= 4 is 38.9 Å². The van der Waals surface area contributed by atoms with Crippen LogP contribution in [-0.2, 0) is 14.8 Å². The van der Waals surface area contributed by atoms with Gasteiger partial charge in [0.05, 0.1) is 24.8 Å². The van der Waals surface area contributed by atoms with Crippen molar-refractivity contribution in [1.82, 2.24) is 4.98 Å². The number of rotatable bonds is 8. The predicted molar refractivity (Wildman–Crippen MR) is 118 cm³/mol. The van der Waals surface area contributed by atoms with Gasteiger partial charge in [-0.15, -0.1) is 0 Å². The fourth-order valence-corrected chi connectivity index (χ4v) is 4.44. The van der Waals surface area contributed by atoms with Crippen LogP contribution >= 0.6 is 11.6 Å². The zero-order valence-corrected chi connectivity index (χ0v) is 18.4. The molecule has 3 rings (SSSR count). The first kappa shape index (κ1) is 22.4. The second kappa shape index (κ2) is 9.67. The Morgan fingerprint density at radius 3 is 2.45 bits per heavy atom. The molecule has 0 radical (unpaired) electrons. The number of amides is 1. The zero-order valence-electron chi connectivity index (χ0n) is 16.8. The molecule has 0 aliphatic heterocycles. The number of hydrogen-bond donors (Lipinski definition) is 1. The number of hydrogen-bond acceptors (Lipinski definition) is 6. The zero-order chi connectivity index (χ0) is 22.4. The van der Waals surface area contributed by atoms with Gasteiger partial charge < -0.3 is 14.8 Å². The summed E-state index contributed by atoms with van der Waals surface area (Å²) in [4.78, 5) is 16.7. The van der Waals surface area contributed by atoms with Gasteiger partial charge in [-0.05, 0) is 36.4 Å². The Morgan fingerprint density at radius 2 is 1.81 bits per heavy atom. The number of carbonyl (C=O) groups is 1. The molecule has 0 atom stereocenters. The molecule has 162 valence electrons. The van der Waals surface area contributed by atoms with Gasteiger partial charge in [-0.1, -0.05) is 29.8 Å². The molecule has 1 aromatic heterocycles. The molecule has 0 saturated carbocycles. The van der Waals surface area contributed by atoms with Crippen molar-refractivity contribution in [3.8, 4) is 11.5 Å². The molecule has 0 bridgehead atoms. The van der Waals surface area contributed by atoms with Gasteiger partial charge in [0.1, 0.15) is 23.2 Å². The van der Waals surface area contributed by atoms with E-state index in [2.05, 4.69) is 10.3 Å². The summed E-state index contributed by atoms with van der Waals surface area (Å²) in [5, 5.41) is 2.83. The highest BCUT2D eigenvalue weighted by Crippen LogP contribution is 2.35. The molecule has 0 unspecified atom stereocenters. The van der Waals surface area contributed by atoms with Crippen LogP contribution in [0.15, 0.2) is 71.8 Å². The first-order valence-electron chi connectivity index (χ1n) is 9.06. The molecular weight excluding hydrogens is 442 g/mol. The summed E-state index contributed by atoms with van der Waals surface area (Å²) < 4.78 is 38.5. The summed E-state index contributed by atoms with van der Waals surface area (Å²) in [5.41, 5.74) is 0.549. The highest BCUT2D eigenvalue weighted by atomic mass is 35.5. The van der Waals surface area contributed by atoms with E-state index in [0.29, 0.717) is 11.4 Å². The van der Waals surface area contributed by atoms with Crippen LogP contribution in [0.25, 0.3) is 0 Å². The van der Waals surface area contributed by atoms with Crippen LogP contribution in [0, 0.1) is 0 Å². The highest BCUT2D eigenvalue weighted by molar-refractivity contribution is 7.92. The van der Waals surface area contributed by atoms with Crippen molar-refractivity contribution < 1.29 is 22.7 Å². The van der Waals surface area contributed by atoms with Gasteiger partial charge in [0.2, 0.25) is 5.91 Å². The second-order valence-electron chi connectivity index (χ2n) is 6.28. The number of nitrogens with one attached hydrogen (secondary N) is 1. The Labute approximate surface area is 185 Å². The van der Waals surface area contributed by atoms with E-state index in [1.807, 2.05) is 0 Å². The molecule has 0 spiro atoms. The summed E-state index contributed by atoms with van der Waals surface area (Å²) >= 11 is 5.86. The van der Waals surface area contributed by atoms with Gasteiger partial charge in [-0.2, -0.15) is 0 Å². The highest BCUT2D eigenvalue weighted by Gasteiger charge is 2.30. The molecule has 0 saturated heterocycles. The predicted octanol–water partition coefficient (Wildman–Crippen LogP) is 3.59. The monoisotopic (exact) mass is 461 g/mol. The van der Waals surface area contributed by atoms with Crippen molar-refractivity contribution in [2.24, 2.45) is 0 Å². The lowest BCUT2D eigenvalue weighted by atomic mass is 10.2. The SMILES string of the molecule is COc1ccc(OC)c(N(CC(=O)Nc2ccnc(Cl)c2)S(=O)(=O)c2ccccc2)c1. The quantitative estimate of drug-likeness (QED) is 0.515. The largest absolute Gasteiger partial charge is 0.497 e. The summed E-state index contributed by atoms with van der Waals surface area (Å²) in [6.07, 6.45) is 1.43. The Balaban J connectivity index is 2.04. The van der Waals surface area contributed by atoms with Crippen LogP contribution in [0.3, 0.4) is 0 Å². The van der Waals surface area contributed by atoms with Gasteiger partial charge >= 0.3 is 0 Å². The molecule has 0 aliphatic rings. The van der Waals surface area contributed by atoms with Gasteiger partial charge in [-0.25, -0.2) is 13.4 Å². The fraction of sp³-hybridized carbons (Fsp3) is 0.143. The Morgan fingerprint density at radius 1 is 1.06 bits per heavy atom. The average Bonchev–Trinajstić information content (AvgIpc) is 2.77. The van der Waals surface area contributed by atoms with Gasteiger partial charge in [-0.3, -0.25) is 9.10 Å². The third kappa shape index (κ3) is 5.25. The topological polar surface area (TPSA) is 97.8 Å². The van der Waals surface area contributed by atoms with Gasteiger partial charge in [0.15, 0.2) is 0 Å². The minimum atomic E-state index is -4.11. The lowest BCUT2D eigenvalue weighted by Gasteiger charge is -2.26. The number of benzene rings is 2. The van der Waals surface area contributed by atoms with Crippen LogP contribution in [-0.4, -0.2) is 40.1 Å². The van der Waals surface area contributed by atoms with E-state index in [9.17, 15) is 13.2 Å². The number of methoxy groups -OCH3 is 2. The maximum atomic E-state index is 13.5. The number of pyridine rings is 1. The van der Waals surface area contributed by atoms with E-state index in [-0.39, 0.29) is 21.5 Å². The molecule has 31 heavy (non-hydrogen) atoms. The van der Waals surface area contributed by atoms with E-state index < -0.39 is 22.5 Å². The summed E-state index contributed by atoms with van der Waals surface area (Å²) in [7, 11) is -1.23. The van der Waals surface area contributed by atoms with Crippen molar-refractivity contribution in [2.75, 3.05) is 30.4 Å². The van der Waals surface area contributed by atoms with Crippen LogP contribution < -0.4 is 19.1 Å². The molecule has 1 N–H and O–H groups in total. The molecule has 3 aromatic rings. The summed E-state index contributed by atoms with van der Waals surface area (Å²) in [6, 6.07) is 15.5. The third-order valence-corrected chi connectivity index (χ3v) is 6.26. The standard InChI is InChI=1S/C21H20ClN3O5S/c1-29-16-8-9-19(30-2)18(13-16)25(31(27,28)17-6-4-3-5-7-17)14-21(26)24-15-10-11-23-20(22)12-15/h3-13H,14H2,1-2H3,(H,23,24,26). The molecule has 1 heterocycles. The van der Waals surface area contributed by atoms with E-state index in [4.69, 9.17) is 21.1 Å². The first-order chi connectivity index (χ1) is 14.8. The van der Waals surface area contributed by atoms with Gasteiger partial charge in [0.25, 0.3) is 10.0 Å². The Hall–Kier alpha value is -3.30. The van der Waals surface area contributed by atoms with Crippen molar-refractivity contribution in [3.05, 3.63) is 72.0 Å². The van der Waals surface area contributed by atoms with Crippen molar-refractivity contribution in [1.29, 1.82) is 0 Å². The van der Waals surface area contributed by atoms with Crippen LogP contribution in [0.1, 0.15) is 0 Å². The fourth-order valence-electron chi connectivity index (χ4n) is 2.82. The Kier molecular flexibility index (Phi) is 6.98. The van der Waals surface area contributed by atoms with E-state index in [1.165, 1.54) is 44.7 Å².